The number of rotatable bonds is 3. The normalized spacial score (nSPS) is 24.4. The molecule has 0 bridgehead atoms. The zero-order valence-electron chi connectivity index (χ0n) is 9.74. The fourth-order valence-corrected chi connectivity index (χ4v) is 1.57. The second-order valence-corrected chi connectivity index (χ2v) is 5.07. The molecule has 0 fully saturated rings. The second-order valence-electron chi connectivity index (χ2n) is 5.07. The lowest BCUT2D eigenvalue weighted by Crippen LogP contribution is -2.30. The number of hydrogen-bond acceptors (Lipinski definition) is 3. The van der Waals surface area contributed by atoms with Crippen molar-refractivity contribution in [2.75, 3.05) is 6.61 Å². The van der Waals surface area contributed by atoms with E-state index in [1.807, 2.05) is 34.6 Å². The van der Waals surface area contributed by atoms with Crippen molar-refractivity contribution in [3.8, 4) is 0 Å². The Bertz CT molecular complexity index is 233. The molecule has 0 amide bonds. The molecule has 0 aromatic carbocycles. The van der Waals surface area contributed by atoms with Gasteiger partial charge in [0.15, 0.2) is 5.90 Å². The van der Waals surface area contributed by atoms with Crippen LogP contribution in [-0.4, -0.2) is 29.3 Å². The van der Waals surface area contributed by atoms with E-state index in [4.69, 9.17) is 4.74 Å². The molecule has 3 heteroatoms. The van der Waals surface area contributed by atoms with Gasteiger partial charge in [0, 0.05) is 0 Å². The molecule has 0 aromatic rings. The molecule has 0 saturated heterocycles. The van der Waals surface area contributed by atoms with Crippen molar-refractivity contribution in [1.29, 1.82) is 0 Å². The van der Waals surface area contributed by atoms with Crippen LogP contribution in [0.2, 0.25) is 0 Å². The van der Waals surface area contributed by atoms with Crippen LogP contribution in [0.1, 0.15) is 34.6 Å². The van der Waals surface area contributed by atoms with E-state index in [2.05, 4.69) is 4.99 Å². The molecule has 1 N–H and O–H groups in total. The molecule has 2 atom stereocenters. The summed E-state index contributed by atoms with van der Waals surface area (Å²) in [6, 6.07) is 0. The molecule has 1 aliphatic heterocycles. The van der Waals surface area contributed by atoms with Crippen LogP contribution >= 0.6 is 0 Å². The maximum absolute atomic E-state index is 9.86. The molecule has 3 nitrogen and oxygen atoms in total. The van der Waals surface area contributed by atoms with Gasteiger partial charge in [0.2, 0.25) is 0 Å². The van der Waals surface area contributed by atoms with Crippen LogP contribution in [0.25, 0.3) is 0 Å². The van der Waals surface area contributed by atoms with Crippen LogP contribution in [0.3, 0.4) is 0 Å². The smallest absolute Gasteiger partial charge is 0.189 e. The van der Waals surface area contributed by atoms with Gasteiger partial charge in [0.05, 0.1) is 17.6 Å². The molecule has 14 heavy (non-hydrogen) atoms. The van der Waals surface area contributed by atoms with E-state index in [-0.39, 0.29) is 23.5 Å². The Morgan fingerprint density at radius 3 is 2.29 bits per heavy atom. The Morgan fingerprint density at radius 2 is 1.93 bits per heavy atom. The van der Waals surface area contributed by atoms with E-state index in [1.165, 1.54) is 0 Å². The number of aliphatic hydroxyl groups is 1. The van der Waals surface area contributed by atoms with Crippen LogP contribution in [0.15, 0.2) is 4.99 Å². The molecular formula is C11H21NO2. The molecule has 1 aliphatic rings. The Balaban J connectivity index is 2.67. The van der Waals surface area contributed by atoms with E-state index in [0.717, 1.165) is 0 Å². The highest BCUT2D eigenvalue weighted by Gasteiger charge is 2.32. The van der Waals surface area contributed by atoms with Gasteiger partial charge in [-0.2, -0.15) is 0 Å². The first-order valence-electron chi connectivity index (χ1n) is 5.24. The monoisotopic (exact) mass is 199 g/mol. The van der Waals surface area contributed by atoms with Crippen LogP contribution in [0.4, 0.5) is 0 Å². The molecule has 1 heterocycles. The first-order valence-corrected chi connectivity index (χ1v) is 5.24. The van der Waals surface area contributed by atoms with E-state index < -0.39 is 0 Å². The van der Waals surface area contributed by atoms with E-state index in [1.54, 1.807) is 0 Å². The van der Waals surface area contributed by atoms with E-state index in [0.29, 0.717) is 12.5 Å². The standard InChI is InChI=1S/C11H21NO2/c1-7(2)9(13)8(3)10-12-11(4,5)6-14-10/h7-9,13H,6H2,1-5H3/t8-,9-/m1/s1. The zero-order valence-corrected chi connectivity index (χ0v) is 9.74. The highest BCUT2D eigenvalue weighted by molar-refractivity contribution is 5.80. The highest BCUT2D eigenvalue weighted by atomic mass is 16.5. The zero-order chi connectivity index (χ0) is 10.9. The van der Waals surface area contributed by atoms with E-state index in [9.17, 15) is 5.11 Å². The summed E-state index contributed by atoms with van der Waals surface area (Å²) in [5.74, 6) is 0.938. The predicted molar refractivity (Wildman–Crippen MR) is 57.5 cm³/mol. The number of nitrogens with zero attached hydrogens (tertiary/aromatic N) is 1. The topological polar surface area (TPSA) is 41.8 Å². The third-order valence-electron chi connectivity index (χ3n) is 2.57. The summed E-state index contributed by atoms with van der Waals surface area (Å²) in [5, 5.41) is 9.86. The summed E-state index contributed by atoms with van der Waals surface area (Å²) in [6.45, 7) is 10.7. The number of ether oxygens (including phenoxy) is 1. The Labute approximate surface area is 86.2 Å². The van der Waals surface area contributed by atoms with Gasteiger partial charge >= 0.3 is 0 Å². The van der Waals surface area contributed by atoms with Crippen molar-refractivity contribution in [1.82, 2.24) is 0 Å². The summed E-state index contributed by atoms with van der Waals surface area (Å²) >= 11 is 0. The molecule has 0 spiro atoms. The lowest BCUT2D eigenvalue weighted by Gasteiger charge is -2.21. The third-order valence-corrected chi connectivity index (χ3v) is 2.57. The van der Waals surface area contributed by atoms with Gasteiger partial charge in [0.1, 0.15) is 6.61 Å². The van der Waals surface area contributed by atoms with Crippen molar-refractivity contribution < 1.29 is 9.84 Å². The van der Waals surface area contributed by atoms with E-state index >= 15 is 0 Å². The van der Waals surface area contributed by atoms with Crippen molar-refractivity contribution in [2.24, 2.45) is 16.8 Å². The average Bonchev–Trinajstić information content (AvgIpc) is 2.43. The molecule has 1 rings (SSSR count). The highest BCUT2D eigenvalue weighted by Crippen LogP contribution is 2.23. The molecule has 0 radical (unpaired) electrons. The van der Waals surface area contributed by atoms with Gasteiger partial charge in [-0.3, -0.25) is 0 Å². The van der Waals surface area contributed by atoms with Crippen LogP contribution in [-0.2, 0) is 4.74 Å². The molecule has 0 saturated carbocycles. The summed E-state index contributed by atoms with van der Waals surface area (Å²) in [6.07, 6.45) is -0.373. The van der Waals surface area contributed by atoms with Gasteiger partial charge in [-0.05, 0) is 19.8 Å². The summed E-state index contributed by atoms with van der Waals surface area (Å²) < 4.78 is 5.49. The SMILES string of the molecule is CC(C)[C@@H](O)[C@@H](C)C1=NC(C)(C)CO1. The minimum absolute atomic E-state index is 0.00299. The van der Waals surface area contributed by atoms with Crippen molar-refractivity contribution in [3.05, 3.63) is 0 Å². The van der Waals surface area contributed by atoms with Gasteiger partial charge in [-0.1, -0.05) is 20.8 Å². The predicted octanol–water partition coefficient (Wildman–Crippen LogP) is 1.85. The number of aliphatic imine (C=N–C) groups is 1. The summed E-state index contributed by atoms with van der Waals surface area (Å²) in [5.41, 5.74) is -0.125. The fraction of sp³-hybridized carbons (Fsp3) is 0.909. The van der Waals surface area contributed by atoms with Gasteiger partial charge in [0.25, 0.3) is 0 Å². The van der Waals surface area contributed by atoms with Gasteiger partial charge in [-0.15, -0.1) is 0 Å². The second kappa shape index (κ2) is 3.89. The number of aliphatic hydroxyl groups excluding tert-OH is 1. The molecule has 0 aliphatic carbocycles. The minimum Gasteiger partial charge on any atom is -0.478 e. The molecule has 0 unspecified atom stereocenters. The molecule has 82 valence electrons. The largest absolute Gasteiger partial charge is 0.478 e. The van der Waals surface area contributed by atoms with Crippen LogP contribution in [0, 0.1) is 11.8 Å². The van der Waals surface area contributed by atoms with Crippen LogP contribution < -0.4 is 0 Å². The Hall–Kier alpha value is -0.570. The average molecular weight is 199 g/mol. The lowest BCUT2D eigenvalue weighted by molar-refractivity contribution is 0.0884. The van der Waals surface area contributed by atoms with Crippen molar-refractivity contribution in [2.45, 2.75) is 46.3 Å². The Kier molecular flexibility index (Phi) is 3.20. The van der Waals surface area contributed by atoms with Gasteiger partial charge in [-0.25, -0.2) is 4.99 Å². The lowest BCUT2D eigenvalue weighted by atomic mass is 9.95. The molecule has 0 aromatic heterocycles. The first-order chi connectivity index (χ1) is 6.33. The van der Waals surface area contributed by atoms with Crippen molar-refractivity contribution >= 4 is 5.90 Å². The maximum atomic E-state index is 9.86. The van der Waals surface area contributed by atoms with Gasteiger partial charge < -0.3 is 9.84 Å². The number of hydrogen-bond donors (Lipinski definition) is 1. The minimum atomic E-state index is -0.373. The van der Waals surface area contributed by atoms with Crippen LogP contribution in [0.5, 0.6) is 0 Å². The summed E-state index contributed by atoms with van der Waals surface area (Å²) in [4.78, 5) is 4.46. The maximum Gasteiger partial charge on any atom is 0.189 e. The van der Waals surface area contributed by atoms with Crippen molar-refractivity contribution in [3.63, 3.8) is 0 Å². The quantitative estimate of drug-likeness (QED) is 0.753. The first kappa shape index (κ1) is 11.5. The molecular weight excluding hydrogens is 178 g/mol. The third kappa shape index (κ3) is 2.47. The fourth-order valence-electron chi connectivity index (χ4n) is 1.57. The Morgan fingerprint density at radius 1 is 1.36 bits per heavy atom. The summed E-state index contributed by atoms with van der Waals surface area (Å²) in [7, 11) is 0.